The molecule has 0 aromatic heterocycles. The Bertz CT molecular complexity index is 490. The van der Waals surface area contributed by atoms with Crippen LogP contribution in [-0.2, 0) is 0 Å². The maximum absolute atomic E-state index is 13.0. The number of carbonyl (C=O) groups excluding carboxylic acids is 1. The first kappa shape index (κ1) is 14.0. The predicted molar refractivity (Wildman–Crippen MR) is 71.5 cm³/mol. The largest absolute Gasteiger partial charge is 0.352 e. The molecule has 1 aromatic carbocycles. The Kier molecular flexibility index (Phi) is 4.55. The van der Waals surface area contributed by atoms with Crippen molar-refractivity contribution in [1.29, 1.82) is 0 Å². The molecule has 0 aliphatic carbocycles. The lowest BCUT2D eigenvalue weighted by Crippen LogP contribution is -2.47. The zero-order chi connectivity index (χ0) is 13.8. The maximum atomic E-state index is 13.0. The summed E-state index contributed by atoms with van der Waals surface area (Å²) >= 11 is 1.55. The minimum absolute atomic E-state index is 0.135. The summed E-state index contributed by atoms with van der Waals surface area (Å²) in [6.07, 6.45) is 0. The van der Waals surface area contributed by atoms with E-state index in [2.05, 4.69) is 16.2 Å². The first-order valence-electron chi connectivity index (χ1n) is 5.86. The van der Waals surface area contributed by atoms with Gasteiger partial charge in [0, 0.05) is 31.1 Å². The third-order valence-corrected chi connectivity index (χ3v) is 3.63. The molecule has 1 saturated heterocycles. The summed E-state index contributed by atoms with van der Waals surface area (Å²) in [4.78, 5) is 11.7. The topological polar surface area (TPSA) is 32.3 Å². The van der Waals surface area contributed by atoms with E-state index in [1.54, 1.807) is 17.4 Å². The zero-order valence-corrected chi connectivity index (χ0v) is 11.1. The minimum Gasteiger partial charge on any atom is -0.352 e. The molecular weight excluding hydrogens is 270 g/mol. The van der Waals surface area contributed by atoms with Gasteiger partial charge in [-0.25, -0.2) is 13.1 Å². The van der Waals surface area contributed by atoms with Gasteiger partial charge < -0.3 is 5.32 Å². The third kappa shape index (κ3) is 3.54. The number of halogens is 2. The molecule has 102 valence electrons. The number of nitrogens with one attached hydrogen (secondary N) is 1. The number of nitrogens with zero attached hydrogens (tertiary/aromatic N) is 1. The van der Waals surface area contributed by atoms with Crippen LogP contribution in [0.1, 0.15) is 10.4 Å². The number of carbonyl (C=O) groups is 1. The number of amides is 1. The first-order valence-corrected chi connectivity index (χ1v) is 6.69. The van der Waals surface area contributed by atoms with Gasteiger partial charge in [0.15, 0.2) is 11.6 Å². The van der Waals surface area contributed by atoms with Crippen molar-refractivity contribution in [2.75, 3.05) is 19.6 Å². The lowest BCUT2D eigenvalue weighted by atomic mass is 10.0. The summed E-state index contributed by atoms with van der Waals surface area (Å²) in [5, 5.41) is 4.48. The monoisotopic (exact) mass is 284 g/mol. The molecule has 1 aliphatic rings. The summed E-state index contributed by atoms with van der Waals surface area (Å²) in [5.41, 5.74) is 0.135. The van der Waals surface area contributed by atoms with Gasteiger partial charge in [-0.15, -0.1) is 0 Å². The lowest BCUT2D eigenvalue weighted by Gasteiger charge is -2.37. The second-order valence-corrected chi connectivity index (χ2v) is 5.38. The Morgan fingerprint density at radius 2 is 2.21 bits per heavy atom. The Labute approximate surface area is 114 Å². The average molecular weight is 284 g/mol. The molecule has 1 amide bonds. The Balaban J connectivity index is 1.79. The summed E-state index contributed by atoms with van der Waals surface area (Å²) in [6, 6.07) is 3.13. The lowest BCUT2D eigenvalue weighted by molar-refractivity contribution is 0.0931. The minimum atomic E-state index is -1.01. The fourth-order valence-electron chi connectivity index (χ4n) is 1.82. The fraction of sp³-hybridized carbons (Fsp3) is 0.308. The number of rotatable bonds is 5. The van der Waals surface area contributed by atoms with Crippen LogP contribution in [0.4, 0.5) is 8.78 Å². The highest BCUT2D eigenvalue weighted by Gasteiger charge is 2.26. The van der Waals surface area contributed by atoms with Gasteiger partial charge in [0.25, 0.3) is 5.91 Å². The molecule has 19 heavy (non-hydrogen) atoms. The molecule has 1 aliphatic heterocycles. The number of hydrogen-bond donors (Lipinski definition) is 1. The molecule has 0 unspecified atom stereocenters. The molecule has 0 radical (unpaired) electrons. The van der Waals surface area contributed by atoms with Gasteiger partial charge in [-0.2, -0.15) is 0 Å². The number of hydrogen-bond acceptors (Lipinski definition) is 3. The van der Waals surface area contributed by atoms with E-state index in [4.69, 9.17) is 0 Å². The van der Waals surface area contributed by atoms with Crippen molar-refractivity contribution in [1.82, 2.24) is 9.62 Å². The van der Waals surface area contributed by atoms with Gasteiger partial charge in [0.05, 0.1) is 0 Å². The Hall–Kier alpha value is -1.40. The molecular formula is C13H14F2N2OS. The maximum Gasteiger partial charge on any atom is 0.251 e. The molecule has 0 saturated carbocycles. The van der Waals surface area contributed by atoms with Crippen molar-refractivity contribution < 1.29 is 13.6 Å². The van der Waals surface area contributed by atoms with Gasteiger partial charge in [0.2, 0.25) is 0 Å². The third-order valence-electron chi connectivity index (χ3n) is 2.88. The second-order valence-electron chi connectivity index (χ2n) is 4.32. The summed E-state index contributed by atoms with van der Waals surface area (Å²) in [6.45, 7) is 5.92. The molecule has 1 N–H and O–H groups in total. The molecule has 3 nitrogen and oxygen atoms in total. The van der Waals surface area contributed by atoms with E-state index in [1.165, 1.54) is 6.07 Å². The highest BCUT2D eigenvalue weighted by molar-refractivity contribution is 7.99. The van der Waals surface area contributed by atoms with Crippen molar-refractivity contribution in [2.45, 2.75) is 0 Å². The fourth-order valence-corrected chi connectivity index (χ4v) is 2.62. The molecule has 0 spiro atoms. The molecule has 1 fully saturated rings. The standard InChI is InChI=1S/C13H14F2N2OS/c1-2-19-17-7-9(8-17)6-16-13(18)10-3-4-11(14)12(15)5-10/h2-5,9H,1,6-8H2,(H,16,18). The Morgan fingerprint density at radius 3 is 2.84 bits per heavy atom. The number of benzene rings is 1. The van der Waals surface area contributed by atoms with Gasteiger partial charge in [-0.05, 0) is 23.6 Å². The smallest absolute Gasteiger partial charge is 0.251 e. The van der Waals surface area contributed by atoms with Crippen molar-refractivity contribution in [3.63, 3.8) is 0 Å². The Morgan fingerprint density at radius 1 is 1.47 bits per heavy atom. The van der Waals surface area contributed by atoms with E-state index in [9.17, 15) is 13.6 Å². The SMILES string of the molecule is C=CSN1CC(CNC(=O)c2ccc(F)c(F)c2)C1. The van der Waals surface area contributed by atoms with E-state index in [0.29, 0.717) is 12.5 Å². The van der Waals surface area contributed by atoms with Crippen molar-refractivity contribution in [3.05, 3.63) is 47.4 Å². The van der Waals surface area contributed by atoms with Gasteiger partial charge >= 0.3 is 0 Å². The van der Waals surface area contributed by atoms with E-state index in [0.717, 1.165) is 25.2 Å². The van der Waals surface area contributed by atoms with Crippen LogP contribution in [0.2, 0.25) is 0 Å². The van der Waals surface area contributed by atoms with Crippen LogP contribution in [0.25, 0.3) is 0 Å². The van der Waals surface area contributed by atoms with Gasteiger partial charge in [-0.3, -0.25) is 4.79 Å². The summed E-state index contributed by atoms with van der Waals surface area (Å²) < 4.78 is 27.8. The molecule has 2 rings (SSSR count). The van der Waals surface area contributed by atoms with E-state index >= 15 is 0 Å². The summed E-state index contributed by atoms with van der Waals surface area (Å²) in [5.74, 6) is -1.95. The van der Waals surface area contributed by atoms with Crippen LogP contribution in [0.5, 0.6) is 0 Å². The van der Waals surface area contributed by atoms with Gasteiger partial charge in [0.1, 0.15) is 0 Å². The van der Waals surface area contributed by atoms with E-state index < -0.39 is 11.6 Å². The zero-order valence-electron chi connectivity index (χ0n) is 10.2. The molecule has 0 bridgehead atoms. The first-order chi connectivity index (χ1) is 9.10. The van der Waals surface area contributed by atoms with Crippen molar-refractivity contribution in [3.8, 4) is 0 Å². The van der Waals surface area contributed by atoms with Crippen molar-refractivity contribution in [2.24, 2.45) is 5.92 Å². The van der Waals surface area contributed by atoms with Crippen LogP contribution < -0.4 is 5.32 Å². The highest BCUT2D eigenvalue weighted by Crippen LogP contribution is 2.23. The second kappa shape index (κ2) is 6.16. The average Bonchev–Trinajstić information content (AvgIpc) is 2.35. The van der Waals surface area contributed by atoms with E-state index in [1.807, 2.05) is 0 Å². The van der Waals surface area contributed by atoms with Crippen LogP contribution >= 0.6 is 11.9 Å². The predicted octanol–water partition coefficient (Wildman–Crippen LogP) is 2.42. The van der Waals surface area contributed by atoms with Crippen LogP contribution in [0.3, 0.4) is 0 Å². The normalized spacial score (nSPS) is 15.9. The molecule has 0 atom stereocenters. The molecule has 1 aromatic rings. The van der Waals surface area contributed by atoms with Crippen molar-refractivity contribution >= 4 is 17.9 Å². The highest BCUT2D eigenvalue weighted by atomic mass is 32.2. The molecule has 6 heteroatoms. The van der Waals surface area contributed by atoms with Crippen LogP contribution in [0, 0.1) is 17.6 Å². The van der Waals surface area contributed by atoms with E-state index in [-0.39, 0.29) is 11.5 Å². The quantitative estimate of drug-likeness (QED) is 0.843. The molecule has 1 heterocycles. The van der Waals surface area contributed by atoms with Crippen LogP contribution in [0.15, 0.2) is 30.2 Å². The van der Waals surface area contributed by atoms with Gasteiger partial charge in [-0.1, -0.05) is 18.5 Å². The summed E-state index contributed by atoms with van der Waals surface area (Å²) in [7, 11) is 0. The van der Waals surface area contributed by atoms with Crippen LogP contribution in [-0.4, -0.2) is 29.8 Å².